The van der Waals surface area contributed by atoms with Crippen molar-refractivity contribution in [3.05, 3.63) is 125 Å². The maximum absolute atomic E-state index is 14.6. The molecule has 0 saturated heterocycles. The first-order valence-corrected chi connectivity index (χ1v) is 16.9. The molecule has 0 aliphatic rings. The number of sulfonamides is 1. The molecule has 0 spiro atoms. The molecule has 1 unspecified atom stereocenters. The molecule has 8 nitrogen and oxygen atoms in total. The molecule has 0 radical (unpaired) electrons. The van der Waals surface area contributed by atoms with Gasteiger partial charge >= 0.3 is 0 Å². The highest BCUT2D eigenvalue weighted by atomic mass is 35.5. The number of hydrogen-bond acceptors (Lipinski definition) is 5. The van der Waals surface area contributed by atoms with Crippen molar-refractivity contribution in [2.75, 3.05) is 24.5 Å². The highest BCUT2D eigenvalue weighted by Gasteiger charge is 2.35. The monoisotopic (exact) mass is 661 g/mol. The van der Waals surface area contributed by atoms with E-state index in [-0.39, 0.29) is 41.1 Å². The molecule has 0 aliphatic heterocycles. The van der Waals surface area contributed by atoms with Crippen molar-refractivity contribution < 1.29 is 22.7 Å². The lowest BCUT2D eigenvalue weighted by molar-refractivity contribution is -0.140. The molecular weight excluding hydrogens is 622 g/mol. The first-order valence-electron chi connectivity index (χ1n) is 15.1. The van der Waals surface area contributed by atoms with Crippen molar-refractivity contribution >= 4 is 39.1 Å². The zero-order chi connectivity index (χ0) is 33.3. The van der Waals surface area contributed by atoms with E-state index in [1.165, 1.54) is 24.1 Å². The Labute approximate surface area is 277 Å². The summed E-state index contributed by atoms with van der Waals surface area (Å²) < 4.78 is 35.1. The zero-order valence-corrected chi connectivity index (χ0v) is 28.1. The van der Waals surface area contributed by atoms with Crippen LogP contribution in [0, 0.1) is 12.8 Å². The van der Waals surface area contributed by atoms with Gasteiger partial charge in [0.05, 0.1) is 17.7 Å². The fraction of sp³-hybridized carbons (Fsp3) is 0.278. The summed E-state index contributed by atoms with van der Waals surface area (Å²) >= 11 is 6.57. The molecule has 0 aromatic heterocycles. The Bertz CT molecular complexity index is 1730. The number of benzene rings is 4. The highest BCUT2D eigenvalue weighted by Crippen LogP contribution is 2.34. The fourth-order valence-electron chi connectivity index (χ4n) is 5.01. The average Bonchev–Trinajstić information content (AvgIpc) is 3.05. The SMILES string of the molecule is COc1ccc(C)cc1N(CC(=O)N(Cc1ccccc1Cl)C(Cc1ccccc1)C(=O)NCC(C)C)S(=O)(=O)c1ccccc1. The number of methoxy groups -OCH3 is 1. The minimum absolute atomic E-state index is 0.0134. The smallest absolute Gasteiger partial charge is 0.264 e. The summed E-state index contributed by atoms with van der Waals surface area (Å²) in [5.74, 6) is -0.465. The highest BCUT2D eigenvalue weighted by molar-refractivity contribution is 7.92. The first kappa shape index (κ1) is 34.5. The molecule has 242 valence electrons. The van der Waals surface area contributed by atoms with Crippen LogP contribution in [0.5, 0.6) is 5.75 Å². The molecule has 1 N–H and O–H groups in total. The van der Waals surface area contributed by atoms with Crippen LogP contribution in [0.4, 0.5) is 5.69 Å². The number of carbonyl (C=O) groups excluding carboxylic acids is 2. The molecule has 4 rings (SSSR count). The maximum atomic E-state index is 14.6. The maximum Gasteiger partial charge on any atom is 0.264 e. The normalized spacial score (nSPS) is 12.0. The molecule has 46 heavy (non-hydrogen) atoms. The number of halogens is 1. The molecule has 4 aromatic carbocycles. The molecule has 0 bridgehead atoms. The van der Waals surface area contributed by atoms with E-state index in [9.17, 15) is 18.0 Å². The number of rotatable bonds is 14. The number of carbonyl (C=O) groups is 2. The van der Waals surface area contributed by atoms with Crippen LogP contribution in [0.15, 0.2) is 108 Å². The zero-order valence-electron chi connectivity index (χ0n) is 26.5. The molecule has 10 heteroatoms. The summed E-state index contributed by atoms with van der Waals surface area (Å²) in [6.07, 6.45) is 0.208. The van der Waals surface area contributed by atoms with Crippen molar-refractivity contribution in [1.29, 1.82) is 0 Å². The van der Waals surface area contributed by atoms with Crippen LogP contribution in [-0.2, 0) is 32.6 Å². The Morgan fingerprint density at radius 2 is 1.52 bits per heavy atom. The van der Waals surface area contributed by atoms with Gasteiger partial charge in [0.1, 0.15) is 18.3 Å². The molecule has 0 aliphatic carbocycles. The average molecular weight is 662 g/mol. The second-order valence-corrected chi connectivity index (χ2v) is 13.7. The van der Waals surface area contributed by atoms with Gasteiger partial charge in [-0.15, -0.1) is 0 Å². The number of aryl methyl sites for hydroxylation is 1. The van der Waals surface area contributed by atoms with Gasteiger partial charge in [0.2, 0.25) is 11.8 Å². The lowest BCUT2D eigenvalue weighted by Gasteiger charge is -2.34. The van der Waals surface area contributed by atoms with E-state index in [1.807, 2.05) is 51.1 Å². The summed E-state index contributed by atoms with van der Waals surface area (Å²) in [6.45, 7) is 5.60. The van der Waals surface area contributed by atoms with Crippen LogP contribution in [0.1, 0.15) is 30.5 Å². The van der Waals surface area contributed by atoms with E-state index in [1.54, 1.807) is 60.7 Å². The van der Waals surface area contributed by atoms with E-state index in [2.05, 4.69) is 5.32 Å². The Morgan fingerprint density at radius 3 is 2.15 bits per heavy atom. The van der Waals surface area contributed by atoms with Gasteiger partial charge < -0.3 is 15.0 Å². The van der Waals surface area contributed by atoms with Crippen molar-refractivity contribution in [2.45, 2.75) is 44.7 Å². The minimum Gasteiger partial charge on any atom is -0.495 e. The molecular formula is C36H40ClN3O5S. The van der Waals surface area contributed by atoms with Crippen LogP contribution in [0.2, 0.25) is 5.02 Å². The largest absolute Gasteiger partial charge is 0.495 e. The van der Waals surface area contributed by atoms with Gasteiger partial charge in [-0.05, 0) is 59.9 Å². The van der Waals surface area contributed by atoms with Crippen molar-refractivity contribution in [3.8, 4) is 5.75 Å². The number of anilines is 1. The molecule has 1 atom stereocenters. The van der Waals surface area contributed by atoms with Gasteiger partial charge in [0, 0.05) is 24.5 Å². The van der Waals surface area contributed by atoms with Gasteiger partial charge in [-0.3, -0.25) is 13.9 Å². The predicted molar refractivity (Wildman–Crippen MR) is 182 cm³/mol. The summed E-state index contributed by atoms with van der Waals surface area (Å²) in [5, 5.41) is 3.41. The predicted octanol–water partition coefficient (Wildman–Crippen LogP) is 6.26. The summed E-state index contributed by atoms with van der Waals surface area (Å²) in [6, 6.07) is 28.6. The van der Waals surface area contributed by atoms with Crippen molar-refractivity contribution in [2.24, 2.45) is 5.92 Å². The summed E-state index contributed by atoms with van der Waals surface area (Å²) in [4.78, 5) is 30.0. The van der Waals surface area contributed by atoms with E-state index < -0.39 is 28.5 Å². The minimum atomic E-state index is -4.26. The molecule has 0 heterocycles. The number of nitrogens with zero attached hydrogens (tertiary/aromatic N) is 2. The molecule has 4 aromatic rings. The Hall–Kier alpha value is -4.34. The third-order valence-electron chi connectivity index (χ3n) is 7.47. The van der Waals surface area contributed by atoms with Crippen LogP contribution < -0.4 is 14.4 Å². The summed E-state index contributed by atoms with van der Waals surface area (Å²) in [7, 11) is -2.81. The number of ether oxygens (including phenoxy) is 1. The topological polar surface area (TPSA) is 96.0 Å². The number of hydrogen-bond donors (Lipinski definition) is 1. The Kier molecular flexibility index (Phi) is 11.8. The van der Waals surface area contributed by atoms with Crippen LogP contribution in [0.3, 0.4) is 0 Å². The van der Waals surface area contributed by atoms with Gasteiger partial charge in [0.15, 0.2) is 0 Å². The van der Waals surface area contributed by atoms with E-state index in [0.717, 1.165) is 15.4 Å². The molecule has 0 fully saturated rings. The van der Waals surface area contributed by atoms with Gasteiger partial charge in [-0.25, -0.2) is 8.42 Å². The second kappa shape index (κ2) is 15.8. The second-order valence-electron chi connectivity index (χ2n) is 11.5. The number of amides is 2. The van der Waals surface area contributed by atoms with Gasteiger partial charge in [-0.2, -0.15) is 0 Å². The third kappa shape index (κ3) is 8.68. The lowest BCUT2D eigenvalue weighted by atomic mass is 10.0. The van der Waals surface area contributed by atoms with Crippen LogP contribution in [-0.4, -0.2) is 51.4 Å². The standard InChI is InChI=1S/C36H40ClN3O5S/c1-26(2)23-38-36(42)33(22-28-13-7-5-8-14-28)39(24-29-15-11-12-18-31(29)37)35(41)25-40(32-21-27(3)19-20-34(32)45-4)46(43,44)30-16-9-6-10-17-30/h5-21,26,33H,22-25H2,1-4H3,(H,38,42). The van der Waals surface area contributed by atoms with Gasteiger partial charge in [-0.1, -0.05) is 98.2 Å². The quantitative estimate of drug-likeness (QED) is 0.172. The lowest BCUT2D eigenvalue weighted by Crippen LogP contribution is -2.53. The Morgan fingerprint density at radius 1 is 0.891 bits per heavy atom. The molecule has 0 saturated carbocycles. The summed E-state index contributed by atoms with van der Waals surface area (Å²) in [5.41, 5.74) is 2.46. The van der Waals surface area contributed by atoms with E-state index in [4.69, 9.17) is 16.3 Å². The molecule has 2 amide bonds. The fourth-order valence-corrected chi connectivity index (χ4v) is 6.65. The van der Waals surface area contributed by atoms with Crippen molar-refractivity contribution in [3.63, 3.8) is 0 Å². The van der Waals surface area contributed by atoms with Crippen molar-refractivity contribution in [1.82, 2.24) is 10.2 Å². The Balaban J connectivity index is 1.85. The first-order chi connectivity index (χ1) is 22.0. The van der Waals surface area contributed by atoms with Gasteiger partial charge in [0.25, 0.3) is 10.0 Å². The van der Waals surface area contributed by atoms with Crippen LogP contribution in [0.25, 0.3) is 0 Å². The van der Waals surface area contributed by atoms with Crippen LogP contribution >= 0.6 is 11.6 Å². The third-order valence-corrected chi connectivity index (χ3v) is 9.61. The van der Waals surface area contributed by atoms with E-state index >= 15 is 0 Å². The van der Waals surface area contributed by atoms with E-state index in [0.29, 0.717) is 17.1 Å². The number of nitrogens with one attached hydrogen (secondary N) is 1.